The van der Waals surface area contributed by atoms with E-state index in [0.29, 0.717) is 72.7 Å². The van der Waals surface area contributed by atoms with Gasteiger partial charge in [0.1, 0.15) is 0 Å². The summed E-state index contributed by atoms with van der Waals surface area (Å²) in [4.78, 5) is 41.5. The van der Waals surface area contributed by atoms with E-state index in [1.165, 1.54) is 0 Å². The zero-order chi connectivity index (χ0) is 22.5. The van der Waals surface area contributed by atoms with Crippen molar-refractivity contribution in [2.75, 3.05) is 46.7 Å². The number of hydrogen-bond acceptors (Lipinski definition) is 6. The summed E-state index contributed by atoms with van der Waals surface area (Å²) in [6.07, 6.45) is 0. The van der Waals surface area contributed by atoms with Crippen molar-refractivity contribution in [1.82, 2.24) is 10.3 Å². The largest absolute Gasteiger partial charge is 0.382 e. The second-order valence-corrected chi connectivity index (χ2v) is 7.31. The first-order valence-corrected chi connectivity index (χ1v) is 10.4. The van der Waals surface area contributed by atoms with Crippen molar-refractivity contribution < 1.29 is 28.6 Å². The molecule has 3 aromatic rings. The van der Waals surface area contributed by atoms with Crippen molar-refractivity contribution >= 4 is 28.4 Å². The fourth-order valence-corrected chi connectivity index (χ4v) is 3.69. The van der Waals surface area contributed by atoms with Crippen LogP contribution in [0.3, 0.4) is 0 Å². The van der Waals surface area contributed by atoms with E-state index in [2.05, 4.69) is 10.3 Å². The standard InChI is InChI=1S/C24H24N2O6/c1-30-10-11-32-13-12-31-9-8-25-24(29)15-6-7-19-18(14-15)20-21(26-19)23(28)17-5-3-2-4-16(17)22(20)27/h2-7,14,26H,8-13H2,1H3,(H,25,29). The van der Waals surface area contributed by atoms with Crippen LogP contribution in [0, 0.1) is 0 Å². The number of benzene rings is 2. The average Bonchev–Trinajstić information content (AvgIpc) is 3.20. The molecule has 8 heteroatoms. The zero-order valence-corrected chi connectivity index (χ0v) is 17.7. The van der Waals surface area contributed by atoms with E-state index in [1.807, 2.05) is 0 Å². The number of carbonyl (C=O) groups is 3. The molecule has 1 aliphatic rings. The molecule has 0 fully saturated rings. The quantitative estimate of drug-likeness (QED) is 0.370. The van der Waals surface area contributed by atoms with Gasteiger partial charge in [-0.3, -0.25) is 14.4 Å². The lowest BCUT2D eigenvalue weighted by molar-refractivity contribution is 0.0255. The number of aromatic nitrogens is 1. The highest BCUT2D eigenvalue weighted by Crippen LogP contribution is 2.33. The number of methoxy groups -OCH3 is 1. The van der Waals surface area contributed by atoms with Gasteiger partial charge in [-0.05, 0) is 18.2 Å². The molecule has 166 valence electrons. The van der Waals surface area contributed by atoms with E-state index in [9.17, 15) is 14.4 Å². The van der Waals surface area contributed by atoms with E-state index in [-0.39, 0.29) is 23.2 Å². The van der Waals surface area contributed by atoms with Crippen molar-refractivity contribution in [2.45, 2.75) is 0 Å². The van der Waals surface area contributed by atoms with Gasteiger partial charge in [0, 0.05) is 41.2 Å². The Morgan fingerprint density at radius 2 is 1.59 bits per heavy atom. The minimum Gasteiger partial charge on any atom is -0.382 e. The molecule has 0 spiro atoms. The van der Waals surface area contributed by atoms with Crippen LogP contribution in [0.1, 0.15) is 42.3 Å². The monoisotopic (exact) mass is 436 g/mol. The third kappa shape index (κ3) is 4.34. The molecule has 0 saturated carbocycles. The van der Waals surface area contributed by atoms with E-state index >= 15 is 0 Å². The van der Waals surface area contributed by atoms with E-state index in [4.69, 9.17) is 14.2 Å². The lowest BCUT2D eigenvalue weighted by Crippen LogP contribution is -2.27. The minimum atomic E-state index is -0.281. The van der Waals surface area contributed by atoms with Crippen molar-refractivity contribution in [1.29, 1.82) is 0 Å². The van der Waals surface area contributed by atoms with Gasteiger partial charge < -0.3 is 24.5 Å². The van der Waals surface area contributed by atoms with Gasteiger partial charge >= 0.3 is 0 Å². The van der Waals surface area contributed by atoms with Crippen LogP contribution in [0.5, 0.6) is 0 Å². The van der Waals surface area contributed by atoms with E-state index < -0.39 is 0 Å². The fourth-order valence-electron chi connectivity index (χ4n) is 3.69. The first kappa shape index (κ1) is 21.9. The Balaban J connectivity index is 1.41. The summed E-state index contributed by atoms with van der Waals surface area (Å²) < 4.78 is 15.6. The maximum Gasteiger partial charge on any atom is 0.251 e. The van der Waals surface area contributed by atoms with Crippen LogP contribution in [-0.2, 0) is 14.2 Å². The van der Waals surface area contributed by atoms with E-state index in [1.54, 1.807) is 49.6 Å². The Kier molecular flexibility index (Phi) is 6.75. The summed E-state index contributed by atoms with van der Waals surface area (Å²) in [5, 5.41) is 3.36. The molecule has 0 atom stereocenters. The number of H-pyrrole nitrogens is 1. The summed E-state index contributed by atoms with van der Waals surface area (Å²) >= 11 is 0. The number of fused-ring (bicyclic) bond motifs is 4. The highest BCUT2D eigenvalue weighted by molar-refractivity contribution is 6.32. The van der Waals surface area contributed by atoms with Crippen LogP contribution < -0.4 is 5.32 Å². The molecule has 1 heterocycles. The maximum absolute atomic E-state index is 13.1. The summed E-state index contributed by atoms with van der Waals surface area (Å²) in [5.74, 6) is -0.724. The van der Waals surface area contributed by atoms with Crippen LogP contribution in [0.15, 0.2) is 42.5 Å². The van der Waals surface area contributed by atoms with Gasteiger partial charge in [-0.1, -0.05) is 24.3 Å². The third-order valence-corrected chi connectivity index (χ3v) is 5.27. The van der Waals surface area contributed by atoms with Gasteiger partial charge in [0.2, 0.25) is 5.78 Å². The fraction of sp³-hybridized carbons (Fsp3) is 0.292. The van der Waals surface area contributed by atoms with Crippen LogP contribution in [0.25, 0.3) is 10.9 Å². The van der Waals surface area contributed by atoms with Crippen molar-refractivity contribution in [3.63, 3.8) is 0 Å². The van der Waals surface area contributed by atoms with Gasteiger partial charge in [0.25, 0.3) is 5.91 Å². The van der Waals surface area contributed by atoms with Crippen LogP contribution in [0.4, 0.5) is 0 Å². The molecule has 0 bridgehead atoms. The van der Waals surface area contributed by atoms with Crippen LogP contribution in [0.2, 0.25) is 0 Å². The summed E-state index contributed by atoms with van der Waals surface area (Å²) in [5.41, 5.74) is 2.39. The molecule has 8 nitrogen and oxygen atoms in total. The van der Waals surface area contributed by atoms with Crippen LogP contribution in [-0.4, -0.2) is 69.1 Å². The molecule has 0 saturated heterocycles. The Labute approximate surface area is 184 Å². The molecule has 0 radical (unpaired) electrons. The molecule has 4 rings (SSSR count). The SMILES string of the molecule is COCCOCCOCCNC(=O)c1ccc2[nH]c3c(c2c1)C(=O)c1ccccc1C3=O. The maximum atomic E-state index is 13.1. The molecule has 1 amide bonds. The molecule has 0 unspecified atom stereocenters. The number of amides is 1. The second kappa shape index (κ2) is 9.86. The topological polar surface area (TPSA) is 107 Å². The highest BCUT2D eigenvalue weighted by Gasteiger charge is 2.33. The molecule has 1 aliphatic carbocycles. The number of rotatable bonds is 10. The molecular weight excluding hydrogens is 412 g/mol. The lowest BCUT2D eigenvalue weighted by Gasteiger charge is -2.14. The Morgan fingerprint density at radius 3 is 2.34 bits per heavy atom. The minimum absolute atomic E-state index is 0.222. The van der Waals surface area contributed by atoms with Gasteiger partial charge in [0.05, 0.1) is 44.3 Å². The number of ketones is 2. The Bertz CT molecular complexity index is 1170. The zero-order valence-electron chi connectivity index (χ0n) is 17.7. The smallest absolute Gasteiger partial charge is 0.251 e. The Morgan fingerprint density at radius 1 is 0.906 bits per heavy atom. The summed E-state index contributed by atoms with van der Waals surface area (Å²) in [6.45, 7) is 2.63. The third-order valence-electron chi connectivity index (χ3n) is 5.27. The first-order chi connectivity index (χ1) is 15.6. The van der Waals surface area contributed by atoms with Gasteiger partial charge in [0.15, 0.2) is 5.78 Å². The number of hydrogen-bond donors (Lipinski definition) is 2. The summed E-state index contributed by atoms with van der Waals surface area (Å²) in [6, 6.07) is 11.8. The highest BCUT2D eigenvalue weighted by atomic mass is 16.5. The van der Waals surface area contributed by atoms with Crippen LogP contribution >= 0.6 is 0 Å². The summed E-state index contributed by atoms with van der Waals surface area (Å²) in [7, 11) is 1.61. The Hall–Kier alpha value is -3.33. The first-order valence-electron chi connectivity index (χ1n) is 10.4. The molecular formula is C24H24N2O6. The second-order valence-electron chi connectivity index (χ2n) is 7.31. The predicted molar refractivity (Wildman–Crippen MR) is 117 cm³/mol. The lowest BCUT2D eigenvalue weighted by atomic mass is 9.87. The van der Waals surface area contributed by atoms with Crippen molar-refractivity contribution in [3.05, 3.63) is 70.4 Å². The number of aromatic amines is 1. The van der Waals surface area contributed by atoms with Gasteiger partial charge in [-0.15, -0.1) is 0 Å². The van der Waals surface area contributed by atoms with Crippen molar-refractivity contribution in [2.24, 2.45) is 0 Å². The molecule has 0 aliphatic heterocycles. The average molecular weight is 436 g/mol. The molecule has 2 aromatic carbocycles. The molecule has 1 aromatic heterocycles. The van der Waals surface area contributed by atoms with Gasteiger partial charge in [-0.2, -0.15) is 0 Å². The predicted octanol–water partition coefficient (Wildman–Crippen LogP) is 2.35. The molecule has 32 heavy (non-hydrogen) atoms. The normalized spacial score (nSPS) is 12.7. The number of ether oxygens (including phenoxy) is 3. The number of nitrogens with one attached hydrogen (secondary N) is 2. The molecule has 2 N–H and O–H groups in total. The van der Waals surface area contributed by atoms with Crippen molar-refractivity contribution in [3.8, 4) is 0 Å². The van der Waals surface area contributed by atoms with E-state index in [0.717, 1.165) is 0 Å². The number of carbonyl (C=O) groups excluding carboxylic acids is 3. The van der Waals surface area contributed by atoms with Gasteiger partial charge in [-0.25, -0.2) is 0 Å².